The third-order valence-corrected chi connectivity index (χ3v) is 4.38. The van der Waals surface area contributed by atoms with Crippen LogP contribution in [0.1, 0.15) is 30.1 Å². The zero-order valence-corrected chi connectivity index (χ0v) is 15.1. The highest BCUT2D eigenvalue weighted by atomic mass is 35.5. The molecule has 0 aromatic heterocycles. The number of hydrogen-bond donors (Lipinski definition) is 1. The summed E-state index contributed by atoms with van der Waals surface area (Å²) in [5.74, 6) is 0.533. The van der Waals surface area contributed by atoms with Crippen molar-refractivity contribution in [2.24, 2.45) is 0 Å². The Balaban J connectivity index is 1.98. The summed E-state index contributed by atoms with van der Waals surface area (Å²) in [6, 6.07) is 3.08. The van der Waals surface area contributed by atoms with Crippen LogP contribution in [0, 0.1) is 0 Å². The van der Waals surface area contributed by atoms with Crippen LogP contribution in [0.4, 0.5) is 8.78 Å². The van der Waals surface area contributed by atoms with E-state index in [0.717, 1.165) is 0 Å². The molecule has 1 aliphatic heterocycles. The van der Waals surface area contributed by atoms with Crippen LogP contribution < -0.4 is 14.8 Å². The minimum absolute atomic E-state index is 0.0437. The Morgan fingerprint density at radius 3 is 2.64 bits per heavy atom. The van der Waals surface area contributed by atoms with E-state index >= 15 is 0 Å². The zero-order chi connectivity index (χ0) is 18.4. The second kappa shape index (κ2) is 9.20. The van der Waals surface area contributed by atoms with Gasteiger partial charge in [0.1, 0.15) is 0 Å². The Morgan fingerprint density at radius 2 is 2.08 bits per heavy atom. The number of benzene rings is 1. The fourth-order valence-corrected chi connectivity index (χ4v) is 3.12. The van der Waals surface area contributed by atoms with Crippen molar-refractivity contribution in [1.82, 2.24) is 10.2 Å². The van der Waals surface area contributed by atoms with Crippen LogP contribution in [0.25, 0.3) is 0 Å². The molecule has 0 bridgehead atoms. The van der Waals surface area contributed by atoms with Gasteiger partial charge in [0.2, 0.25) is 0 Å². The van der Waals surface area contributed by atoms with E-state index in [-0.39, 0.29) is 18.5 Å². The molecule has 0 unspecified atom stereocenters. The molecule has 0 atom stereocenters. The molecule has 25 heavy (non-hydrogen) atoms. The van der Waals surface area contributed by atoms with Crippen LogP contribution in [0.5, 0.6) is 11.5 Å². The first-order chi connectivity index (χ1) is 11.9. The van der Waals surface area contributed by atoms with Gasteiger partial charge in [-0.3, -0.25) is 9.69 Å². The SMILES string of the molecule is CCOc1c(Cl)cc(C(=O)NC2CCN(CC(F)F)CC2)cc1OC. The van der Waals surface area contributed by atoms with Crippen molar-refractivity contribution < 1.29 is 23.0 Å². The quantitative estimate of drug-likeness (QED) is 0.794. The predicted octanol–water partition coefficient (Wildman–Crippen LogP) is 3.21. The van der Waals surface area contributed by atoms with E-state index in [1.807, 2.05) is 6.92 Å². The lowest BCUT2D eigenvalue weighted by molar-refractivity contribution is 0.0696. The monoisotopic (exact) mass is 376 g/mol. The minimum Gasteiger partial charge on any atom is -0.493 e. The van der Waals surface area contributed by atoms with Crippen LogP contribution in [0.2, 0.25) is 5.02 Å². The van der Waals surface area contributed by atoms with Gasteiger partial charge in [0.25, 0.3) is 12.3 Å². The standard InChI is InChI=1S/C17H23ClF2N2O3/c1-3-25-16-13(18)8-11(9-14(16)24-2)17(23)21-12-4-6-22(7-5-12)10-15(19)20/h8-9,12,15H,3-7,10H2,1-2H3,(H,21,23). The van der Waals surface area contributed by atoms with Crippen molar-refractivity contribution in [3.8, 4) is 11.5 Å². The number of carbonyl (C=O) groups excluding carboxylic acids is 1. The van der Waals surface area contributed by atoms with Gasteiger partial charge in [0.15, 0.2) is 11.5 Å². The fourth-order valence-electron chi connectivity index (χ4n) is 2.86. The van der Waals surface area contributed by atoms with Crippen LogP contribution in [-0.4, -0.2) is 56.6 Å². The van der Waals surface area contributed by atoms with E-state index in [9.17, 15) is 13.6 Å². The number of hydrogen-bond acceptors (Lipinski definition) is 4. The van der Waals surface area contributed by atoms with Crippen molar-refractivity contribution in [2.45, 2.75) is 32.2 Å². The average Bonchev–Trinajstić information content (AvgIpc) is 2.57. The summed E-state index contributed by atoms with van der Waals surface area (Å²) in [6.45, 7) is 3.13. The molecule has 2 rings (SSSR count). The van der Waals surface area contributed by atoms with Crippen LogP contribution in [0.3, 0.4) is 0 Å². The summed E-state index contributed by atoms with van der Waals surface area (Å²) in [5.41, 5.74) is 0.375. The second-order valence-electron chi connectivity index (χ2n) is 5.86. The van der Waals surface area contributed by atoms with E-state index < -0.39 is 6.43 Å². The first-order valence-corrected chi connectivity index (χ1v) is 8.64. The molecule has 0 aliphatic carbocycles. The van der Waals surface area contributed by atoms with Crippen LogP contribution >= 0.6 is 11.6 Å². The number of nitrogens with zero attached hydrogens (tertiary/aromatic N) is 1. The number of amides is 1. The second-order valence-corrected chi connectivity index (χ2v) is 6.27. The highest BCUT2D eigenvalue weighted by molar-refractivity contribution is 6.32. The molecule has 1 amide bonds. The smallest absolute Gasteiger partial charge is 0.251 e. The first-order valence-electron chi connectivity index (χ1n) is 8.26. The van der Waals surface area contributed by atoms with E-state index in [4.69, 9.17) is 21.1 Å². The molecular formula is C17H23ClF2N2O3. The number of ether oxygens (including phenoxy) is 2. The molecule has 8 heteroatoms. The van der Waals surface area contributed by atoms with Gasteiger partial charge in [-0.2, -0.15) is 0 Å². The van der Waals surface area contributed by atoms with Crippen LogP contribution in [-0.2, 0) is 0 Å². The lowest BCUT2D eigenvalue weighted by atomic mass is 10.0. The van der Waals surface area contributed by atoms with Gasteiger partial charge >= 0.3 is 0 Å². The largest absolute Gasteiger partial charge is 0.493 e. The summed E-state index contributed by atoms with van der Waals surface area (Å²) in [5, 5.41) is 3.23. The van der Waals surface area contributed by atoms with Gasteiger partial charge < -0.3 is 14.8 Å². The molecule has 1 N–H and O–H groups in total. The topological polar surface area (TPSA) is 50.8 Å². The van der Waals surface area contributed by atoms with Gasteiger partial charge in [0.05, 0.1) is 25.3 Å². The number of halogens is 3. The molecule has 0 radical (unpaired) electrons. The van der Waals surface area contributed by atoms with Crippen molar-refractivity contribution in [2.75, 3.05) is 33.4 Å². The Hall–Kier alpha value is -1.60. The Labute approximate surface area is 151 Å². The van der Waals surface area contributed by atoms with Crippen molar-refractivity contribution in [1.29, 1.82) is 0 Å². The highest BCUT2D eigenvalue weighted by Gasteiger charge is 2.24. The third kappa shape index (κ3) is 5.44. The van der Waals surface area contributed by atoms with Gasteiger partial charge in [-0.25, -0.2) is 8.78 Å². The lowest BCUT2D eigenvalue weighted by Crippen LogP contribution is -2.45. The Morgan fingerprint density at radius 1 is 1.40 bits per heavy atom. The highest BCUT2D eigenvalue weighted by Crippen LogP contribution is 2.36. The van der Waals surface area contributed by atoms with E-state index in [2.05, 4.69) is 5.32 Å². The van der Waals surface area contributed by atoms with Crippen LogP contribution in [0.15, 0.2) is 12.1 Å². The molecule has 1 aromatic carbocycles. The zero-order valence-electron chi connectivity index (χ0n) is 14.4. The van der Waals surface area contributed by atoms with Gasteiger partial charge in [-0.15, -0.1) is 0 Å². The molecule has 0 saturated carbocycles. The maximum absolute atomic E-state index is 12.5. The number of methoxy groups -OCH3 is 1. The normalized spacial score (nSPS) is 16.1. The average molecular weight is 377 g/mol. The molecule has 1 aromatic rings. The number of nitrogens with one attached hydrogen (secondary N) is 1. The summed E-state index contributed by atoms with van der Waals surface area (Å²) in [6.07, 6.45) is -1.05. The summed E-state index contributed by atoms with van der Waals surface area (Å²) < 4.78 is 35.5. The molecular weight excluding hydrogens is 354 g/mol. The minimum atomic E-state index is -2.33. The maximum atomic E-state index is 12.5. The lowest BCUT2D eigenvalue weighted by Gasteiger charge is -2.32. The molecule has 1 fully saturated rings. The van der Waals surface area contributed by atoms with E-state index in [1.54, 1.807) is 11.0 Å². The Kier molecular flexibility index (Phi) is 7.25. The predicted molar refractivity (Wildman–Crippen MR) is 92.1 cm³/mol. The molecule has 5 nitrogen and oxygen atoms in total. The summed E-state index contributed by atoms with van der Waals surface area (Å²) >= 11 is 6.18. The maximum Gasteiger partial charge on any atom is 0.251 e. The number of likely N-dealkylation sites (tertiary alicyclic amines) is 1. The molecule has 1 heterocycles. The molecule has 1 aliphatic rings. The molecule has 140 valence electrons. The molecule has 0 spiro atoms. The molecule has 1 saturated heterocycles. The van der Waals surface area contributed by atoms with Crippen molar-refractivity contribution in [3.05, 3.63) is 22.7 Å². The summed E-state index contributed by atoms with van der Waals surface area (Å²) in [4.78, 5) is 14.2. The first kappa shape index (κ1) is 19.7. The number of alkyl halides is 2. The number of carbonyl (C=O) groups is 1. The third-order valence-electron chi connectivity index (χ3n) is 4.10. The van der Waals surface area contributed by atoms with Gasteiger partial charge in [0, 0.05) is 24.7 Å². The summed E-state index contributed by atoms with van der Waals surface area (Å²) in [7, 11) is 1.48. The van der Waals surface area contributed by atoms with E-state index in [1.165, 1.54) is 13.2 Å². The Bertz CT molecular complexity index is 594. The van der Waals surface area contributed by atoms with Gasteiger partial charge in [-0.1, -0.05) is 11.6 Å². The number of piperidine rings is 1. The number of rotatable bonds is 7. The van der Waals surface area contributed by atoms with Crippen molar-refractivity contribution >= 4 is 17.5 Å². The van der Waals surface area contributed by atoms with Gasteiger partial charge in [-0.05, 0) is 31.9 Å². The van der Waals surface area contributed by atoms with E-state index in [0.29, 0.717) is 54.6 Å². The fraction of sp³-hybridized carbons (Fsp3) is 0.588. The van der Waals surface area contributed by atoms with Crippen molar-refractivity contribution in [3.63, 3.8) is 0 Å².